The quantitative estimate of drug-likeness (QED) is 0.455. The summed E-state index contributed by atoms with van der Waals surface area (Å²) < 4.78 is 12.8. The molecular weight excluding hydrogens is 218 g/mol. The van der Waals surface area contributed by atoms with Crippen LogP contribution in [0.4, 0.5) is 4.39 Å². The van der Waals surface area contributed by atoms with Gasteiger partial charge in [-0.15, -0.1) is 0 Å². The average molecular weight is 240 g/mol. The molecule has 1 heterocycles. The second-order valence-corrected chi connectivity index (χ2v) is 4.24. The molecule has 2 nitrogen and oxygen atoms in total. The molecule has 0 bridgehead atoms. The fourth-order valence-electron chi connectivity index (χ4n) is 1.86. The summed E-state index contributed by atoms with van der Waals surface area (Å²) in [4.78, 5) is 2.30. The minimum atomic E-state index is -0.620. The van der Waals surface area contributed by atoms with E-state index >= 15 is 0 Å². The van der Waals surface area contributed by atoms with Gasteiger partial charge in [-0.3, -0.25) is 0 Å². The van der Waals surface area contributed by atoms with Gasteiger partial charge >= 0.3 is 51.4 Å². The third kappa shape index (κ3) is 7.42. The first-order valence-corrected chi connectivity index (χ1v) is 5.57. The Morgan fingerprint density at radius 2 is 2.20 bits per heavy atom. The molecule has 0 aliphatic carbocycles. The van der Waals surface area contributed by atoms with Gasteiger partial charge in [0.05, 0.1) is 0 Å². The monoisotopic (exact) mass is 240 g/mol. The van der Waals surface area contributed by atoms with E-state index in [2.05, 4.69) is 24.2 Å². The molecule has 0 saturated carbocycles. The SMILES string of the molecule is [CH2-]CCCN(C)CCC1CC(F)CN1.[K+]. The molecule has 0 aromatic carbocycles. The van der Waals surface area contributed by atoms with Crippen LogP contribution < -0.4 is 56.7 Å². The van der Waals surface area contributed by atoms with Crippen molar-refractivity contribution in [2.45, 2.75) is 37.9 Å². The van der Waals surface area contributed by atoms with E-state index in [-0.39, 0.29) is 51.4 Å². The Kier molecular flexibility index (Phi) is 10.5. The molecule has 1 rings (SSSR count). The van der Waals surface area contributed by atoms with Crippen molar-refractivity contribution in [2.75, 3.05) is 26.7 Å². The van der Waals surface area contributed by atoms with E-state index in [9.17, 15) is 4.39 Å². The fraction of sp³-hybridized carbons (Fsp3) is 0.909. The molecule has 2 unspecified atom stereocenters. The summed E-state index contributed by atoms with van der Waals surface area (Å²) in [5, 5.41) is 3.20. The van der Waals surface area contributed by atoms with Crippen LogP contribution in [0.5, 0.6) is 0 Å². The molecule has 0 aromatic heterocycles. The first kappa shape index (κ1) is 16.5. The van der Waals surface area contributed by atoms with Crippen LogP contribution in [0.1, 0.15) is 25.7 Å². The minimum absolute atomic E-state index is 0. The Labute approximate surface area is 136 Å². The van der Waals surface area contributed by atoms with Gasteiger partial charge in [0.15, 0.2) is 0 Å². The maximum Gasteiger partial charge on any atom is 1.00 e. The van der Waals surface area contributed by atoms with E-state index in [4.69, 9.17) is 0 Å². The van der Waals surface area contributed by atoms with Crippen molar-refractivity contribution in [3.63, 3.8) is 0 Å². The zero-order chi connectivity index (χ0) is 10.4. The number of nitrogens with one attached hydrogen (secondary N) is 1. The standard InChI is InChI=1S/C11H22FN2.K/c1-3-4-6-14(2)7-5-11-8-10(12)9-13-11;/h10-11,13H,1,3-9H2,2H3;/q-1;+1. The summed E-state index contributed by atoms with van der Waals surface area (Å²) in [6.45, 7) is 6.53. The van der Waals surface area contributed by atoms with E-state index < -0.39 is 6.17 Å². The Hall–Kier alpha value is 1.49. The van der Waals surface area contributed by atoms with Crippen LogP contribution in [0.3, 0.4) is 0 Å². The summed E-state index contributed by atoms with van der Waals surface area (Å²) in [7, 11) is 2.12. The third-order valence-electron chi connectivity index (χ3n) is 2.82. The second kappa shape index (κ2) is 9.51. The predicted molar refractivity (Wildman–Crippen MR) is 58.0 cm³/mol. The molecule has 1 aliphatic heterocycles. The van der Waals surface area contributed by atoms with Crippen molar-refractivity contribution in [1.82, 2.24) is 10.2 Å². The number of hydrogen-bond donors (Lipinski definition) is 1. The minimum Gasteiger partial charge on any atom is -0.343 e. The van der Waals surface area contributed by atoms with Crippen molar-refractivity contribution in [2.24, 2.45) is 0 Å². The molecule has 1 saturated heterocycles. The zero-order valence-corrected chi connectivity index (χ0v) is 13.3. The molecule has 0 spiro atoms. The van der Waals surface area contributed by atoms with Crippen molar-refractivity contribution >= 4 is 0 Å². The Morgan fingerprint density at radius 1 is 1.47 bits per heavy atom. The molecule has 2 atom stereocenters. The van der Waals surface area contributed by atoms with Gasteiger partial charge in [-0.25, -0.2) is 4.39 Å². The average Bonchev–Trinajstić information content (AvgIpc) is 2.58. The Balaban J connectivity index is 0.00000196. The molecule has 1 N–H and O–H groups in total. The molecule has 1 aliphatic rings. The second-order valence-electron chi connectivity index (χ2n) is 4.24. The first-order chi connectivity index (χ1) is 6.72. The molecule has 4 heteroatoms. The number of nitrogens with zero attached hydrogens (tertiary/aromatic N) is 1. The van der Waals surface area contributed by atoms with E-state index in [0.717, 1.165) is 32.4 Å². The summed E-state index contributed by atoms with van der Waals surface area (Å²) in [5.41, 5.74) is 0. The van der Waals surface area contributed by atoms with Crippen LogP contribution in [-0.4, -0.2) is 43.8 Å². The van der Waals surface area contributed by atoms with Gasteiger partial charge in [0, 0.05) is 12.6 Å². The summed E-state index contributed by atoms with van der Waals surface area (Å²) in [5.74, 6) is 0. The van der Waals surface area contributed by atoms with Gasteiger partial charge in [0.1, 0.15) is 6.17 Å². The normalized spacial score (nSPS) is 25.6. The van der Waals surface area contributed by atoms with Crippen molar-refractivity contribution < 1.29 is 55.8 Å². The molecule has 0 amide bonds. The predicted octanol–water partition coefficient (Wildman–Crippen LogP) is -1.37. The van der Waals surface area contributed by atoms with Crippen LogP contribution in [0.25, 0.3) is 0 Å². The largest absolute Gasteiger partial charge is 1.00 e. The van der Waals surface area contributed by atoms with E-state index in [0.29, 0.717) is 19.0 Å². The summed E-state index contributed by atoms with van der Waals surface area (Å²) >= 11 is 0. The maximum atomic E-state index is 12.8. The van der Waals surface area contributed by atoms with Gasteiger partial charge in [-0.05, 0) is 33.0 Å². The van der Waals surface area contributed by atoms with Gasteiger partial charge in [-0.1, -0.05) is 6.42 Å². The van der Waals surface area contributed by atoms with E-state index in [1.165, 1.54) is 0 Å². The van der Waals surface area contributed by atoms with E-state index in [1.54, 1.807) is 0 Å². The number of alkyl halides is 1. The van der Waals surface area contributed by atoms with Gasteiger partial charge in [0.25, 0.3) is 0 Å². The Morgan fingerprint density at radius 3 is 2.73 bits per heavy atom. The maximum absolute atomic E-state index is 12.8. The number of unbranched alkanes of at least 4 members (excludes halogenated alkanes) is 1. The fourth-order valence-corrected chi connectivity index (χ4v) is 1.86. The topological polar surface area (TPSA) is 15.3 Å². The molecule has 1 fully saturated rings. The number of hydrogen-bond acceptors (Lipinski definition) is 2. The first-order valence-electron chi connectivity index (χ1n) is 5.57. The summed E-state index contributed by atoms with van der Waals surface area (Å²) in [6, 6.07) is 0.396. The molecular formula is C11H22FKN2. The number of rotatable bonds is 6. The molecule has 15 heavy (non-hydrogen) atoms. The van der Waals surface area contributed by atoms with Gasteiger partial charge < -0.3 is 17.1 Å². The van der Waals surface area contributed by atoms with Crippen LogP contribution in [-0.2, 0) is 0 Å². The van der Waals surface area contributed by atoms with Crippen LogP contribution >= 0.6 is 0 Å². The molecule has 0 aromatic rings. The summed E-state index contributed by atoms with van der Waals surface area (Å²) in [6.07, 6.45) is 3.29. The van der Waals surface area contributed by atoms with Crippen molar-refractivity contribution in [3.8, 4) is 0 Å². The Bertz CT molecular complexity index is 158. The van der Waals surface area contributed by atoms with Gasteiger partial charge in [-0.2, -0.15) is 6.42 Å². The third-order valence-corrected chi connectivity index (χ3v) is 2.82. The molecule has 0 radical (unpaired) electrons. The number of halogens is 1. The molecule has 84 valence electrons. The van der Waals surface area contributed by atoms with Crippen molar-refractivity contribution in [1.29, 1.82) is 0 Å². The van der Waals surface area contributed by atoms with Crippen LogP contribution in [0, 0.1) is 6.92 Å². The van der Waals surface area contributed by atoms with Crippen LogP contribution in [0.2, 0.25) is 0 Å². The van der Waals surface area contributed by atoms with Crippen LogP contribution in [0.15, 0.2) is 0 Å². The van der Waals surface area contributed by atoms with Crippen molar-refractivity contribution in [3.05, 3.63) is 6.92 Å². The zero-order valence-electron chi connectivity index (χ0n) is 10.1. The smallest absolute Gasteiger partial charge is 0.343 e. The van der Waals surface area contributed by atoms with Gasteiger partial charge in [0.2, 0.25) is 0 Å². The van der Waals surface area contributed by atoms with E-state index in [1.807, 2.05) is 0 Å².